The monoisotopic (exact) mass is 555 g/mol. The number of thiophene rings is 1. The molecule has 0 spiro atoms. The summed E-state index contributed by atoms with van der Waals surface area (Å²) in [5.74, 6) is -1.54. The van der Waals surface area contributed by atoms with Crippen molar-refractivity contribution in [1.29, 1.82) is 0 Å². The minimum Gasteiger partial charge on any atom is -0.471 e. The molecule has 2 amide bonds. The van der Waals surface area contributed by atoms with Crippen LogP contribution in [0.1, 0.15) is 38.0 Å². The van der Waals surface area contributed by atoms with Crippen LogP contribution in [0.3, 0.4) is 0 Å². The van der Waals surface area contributed by atoms with Crippen LogP contribution in [-0.4, -0.2) is 36.4 Å². The predicted molar refractivity (Wildman–Crippen MR) is 137 cm³/mol. The Bertz CT molecular complexity index is 1710. The first-order chi connectivity index (χ1) is 18.6. The van der Waals surface area contributed by atoms with Crippen molar-refractivity contribution in [2.75, 3.05) is 5.32 Å². The van der Waals surface area contributed by atoms with Crippen molar-refractivity contribution in [2.45, 2.75) is 20.1 Å². The van der Waals surface area contributed by atoms with Gasteiger partial charge in [-0.1, -0.05) is 0 Å². The maximum atomic E-state index is 13.7. The van der Waals surface area contributed by atoms with E-state index in [9.17, 15) is 22.8 Å². The Morgan fingerprint density at radius 3 is 2.56 bits per heavy atom. The standard InChI is InChI=1S/C25H20F3N7O3S/c1-12-16(10-30-34(12)2)15-9-18(22(27)28)31-25-19(15)20(21(39-25)23(29)36)32-24(37)17-7-8-35(33-17)11-38-14-5-3-13(26)4-6-14/h3-10,22H,11H2,1-2H3,(H2,29,36)(H,32,37). The summed E-state index contributed by atoms with van der Waals surface area (Å²) in [6, 6.07) is 8.05. The number of fused-ring (bicyclic) bond motifs is 1. The number of hydrogen-bond acceptors (Lipinski definition) is 7. The summed E-state index contributed by atoms with van der Waals surface area (Å²) < 4.78 is 48.9. The van der Waals surface area contributed by atoms with Gasteiger partial charge < -0.3 is 15.8 Å². The lowest BCUT2D eigenvalue weighted by atomic mass is 10.0. The Labute approximate surface area is 222 Å². The first-order valence-corrected chi connectivity index (χ1v) is 12.2. The molecule has 10 nitrogen and oxygen atoms in total. The molecule has 200 valence electrons. The van der Waals surface area contributed by atoms with Crippen molar-refractivity contribution in [3.8, 4) is 16.9 Å². The van der Waals surface area contributed by atoms with Crippen molar-refractivity contribution in [1.82, 2.24) is 24.5 Å². The van der Waals surface area contributed by atoms with Crippen LogP contribution in [0.15, 0.2) is 48.8 Å². The van der Waals surface area contributed by atoms with E-state index in [2.05, 4.69) is 20.5 Å². The second-order valence-corrected chi connectivity index (χ2v) is 9.43. The SMILES string of the molecule is Cc1c(-c2cc(C(F)F)nc3sc(C(N)=O)c(NC(=O)c4ccn(COc5ccc(F)cc5)n4)c23)cnn1C. The van der Waals surface area contributed by atoms with Crippen molar-refractivity contribution < 1.29 is 27.5 Å². The molecule has 0 bridgehead atoms. The molecule has 1 aromatic carbocycles. The molecule has 0 aliphatic rings. The number of alkyl halides is 2. The van der Waals surface area contributed by atoms with Crippen molar-refractivity contribution >= 4 is 39.1 Å². The van der Waals surface area contributed by atoms with Crippen LogP contribution in [-0.2, 0) is 13.8 Å². The van der Waals surface area contributed by atoms with Crippen LogP contribution in [0.5, 0.6) is 5.75 Å². The average molecular weight is 556 g/mol. The third kappa shape index (κ3) is 5.05. The minimum atomic E-state index is -2.87. The highest BCUT2D eigenvalue weighted by Crippen LogP contribution is 2.43. The van der Waals surface area contributed by atoms with Gasteiger partial charge in [0.15, 0.2) is 12.4 Å². The summed E-state index contributed by atoms with van der Waals surface area (Å²) in [4.78, 5) is 29.6. The van der Waals surface area contributed by atoms with Crippen LogP contribution < -0.4 is 15.8 Å². The van der Waals surface area contributed by atoms with E-state index in [4.69, 9.17) is 10.5 Å². The van der Waals surface area contributed by atoms with E-state index < -0.39 is 29.8 Å². The minimum absolute atomic E-state index is 0.0104. The van der Waals surface area contributed by atoms with E-state index in [0.717, 1.165) is 11.3 Å². The summed E-state index contributed by atoms with van der Waals surface area (Å²) in [5.41, 5.74) is 6.64. The van der Waals surface area contributed by atoms with Gasteiger partial charge in [0.05, 0.1) is 11.9 Å². The Morgan fingerprint density at radius 1 is 1.18 bits per heavy atom. The quantitative estimate of drug-likeness (QED) is 0.286. The maximum Gasteiger partial charge on any atom is 0.280 e. The number of nitrogens with one attached hydrogen (secondary N) is 1. The molecule has 4 aromatic heterocycles. The van der Waals surface area contributed by atoms with E-state index in [1.165, 1.54) is 53.5 Å². The second-order valence-electron chi connectivity index (χ2n) is 8.44. The number of primary amides is 1. The van der Waals surface area contributed by atoms with Gasteiger partial charge in [0.25, 0.3) is 18.2 Å². The zero-order chi connectivity index (χ0) is 27.8. The van der Waals surface area contributed by atoms with Crippen LogP contribution in [0.2, 0.25) is 0 Å². The maximum absolute atomic E-state index is 13.7. The van der Waals surface area contributed by atoms with Crippen LogP contribution >= 0.6 is 11.3 Å². The highest BCUT2D eigenvalue weighted by molar-refractivity contribution is 7.21. The molecule has 0 saturated heterocycles. The Kier molecular flexibility index (Phi) is 6.78. The molecular weight excluding hydrogens is 535 g/mol. The highest BCUT2D eigenvalue weighted by atomic mass is 32.1. The molecule has 0 aliphatic carbocycles. The number of halogens is 3. The van der Waals surface area contributed by atoms with E-state index >= 15 is 0 Å². The molecule has 14 heteroatoms. The topological polar surface area (TPSA) is 130 Å². The molecule has 0 saturated carbocycles. The van der Waals surface area contributed by atoms with Crippen molar-refractivity contribution in [3.05, 3.63) is 76.6 Å². The number of benzene rings is 1. The third-order valence-electron chi connectivity index (χ3n) is 5.94. The first kappa shape index (κ1) is 25.9. The van der Waals surface area contributed by atoms with Crippen LogP contribution in [0, 0.1) is 12.7 Å². The van der Waals surface area contributed by atoms with Crippen molar-refractivity contribution in [2.24, 2.45) is 12.8 Å². The summed E-state index contributed by atoms with van der Waals surface area (Å²) in [6.45, 7) is 1.70. The number of nitrogens with two attached hydrogens (primary N) is 1. The number of hydrogen-bond donors (Lipinski definition) is 2. The molecule has 0 fully saturated rings. The number of amides is 2. The molecular formula is C25H20F3N7O3S. The smallest absolute Gasteiger partial charge is 0.280 e. The zero-order valence-electron chi connectivity index (χ0n) is 20.5. The number of carbonyl (C=O) groups is 2. The fourth-order valence-corrected chi connectivity index (χ4v) is 4.92. The van der Waals surface area contributed by atoms with Gasteiger partial charge in [0, 0.05) is 29.9 Å². The van der Waals surface area contributed by atoms with Gasteiger partial charge in [-0.2, -0.15) is 10.2 Å². The summed E-state index contributed by atoms with van der Waals surface area (Å²) in [7, 11) is 1.70. The van der Waals surface area contributed by atoms with Gasteiger partial charge in [0.2, 0.25) is 0 Å². The first-order valence-electron chi connectivity index (χ1n) is 11.4. The van der Waals surface area contributed by atoms with Gasteiger partial charge in [-0.15, -0.1) is 11.3 Å². The predicted octanol–water partition coefficient (Wildman–Crippen LogP) is 4.67. The molecule has 39 heavy (non-hydrogen) atoms. The summed E-state index contributed by atoms with van der Waals surface area (Å²) in [5, 5.41) is 11.3. The number of ether oxygens (including phenoxy) is 1. The fourth-order valence-electron chi connectivity index (χ4n) is 3.90. The lowest BCUT2D eigenvalue weighted by molar-refractivity contribution is 0.100. The van der Waals surface area contributed by atoms with E-state index in [-0.39, 0.29) is 33.2 Å². The normalized spacial score (nSPS) is 11.3. The highest BCUT2D eigenvalue weighted by Gasteiger charge is 2.26. The summed E-state index contributed by atoms with van der Waals surface area (Å²) >= 11 is 0.801. The number of anilines is 1. The zero-order valence-corrected chi connectivity index (χ0v) is 21.3. The molecule has 0 unspecified atom stereocenters. The molecule has 0 radical (unpaired) electrons. The molecule has 0 aliphatic heterocycles. The number of nitrogens with zero attached hydrogens (tertiary/aromatic N) is 5. The van der Waals surface area contributed by atoms with E-state index in [1.54, 1.807) is 18.7 Å². The number of aromatic nitrogens is 5. The lowest BCUT2D eigenvalue weighted by Gasteiger charge is -2.10. The summed E-state index contributed by atoms with van der Waals surface area (Å²) in [6.07, 6.45) is 0.137. The largest absolute Gasteiger partial charge is 0.471 e. The third-order valence-corrected chi connectivity index (χ3v) is 7.04. The molecule has 5 rings (SSSR count). The Hall–Kier alpha value is -4.72. The van der Waals surface area contributed by atoms with Gasteiger partial charge >= 0.3 is 0 Å². The molecule has 0 atom stereocenters. The number of aryl methyl sites for hydroxylation is 1. The Morgan fingerprint density at radius 2 is 1.92 bits per heavy atom. The van der Waals surface area contributed by atoms with Crippen molar-refractivity contribution in [3.63, 3.8) is 0 Å². The van der Waals surface area contributed by atoms with Gasteiger partial charge in [0.1, 0.15) is 27.0 Å². The van der Waals surface area contributed by atoms with Crippen LogP contribution in [0.25, 0.3) is 21.3 Å². The molecule has 4 heterocycles. The van der Waals surface area contributed by atoms with E-state index in [1.807, 2.05) is 0 Å². The van der Waals surface area contributed by atoms with Gasteiger partial charge in [-0.05, 0) is 48.9 Å². The molecule has 3 N–H and O–H groups in total. The molecule has 5 aromatic rings. The average Bonchev–Trinajstić information content (AvgIpc) is 3.61. The number of rotatable bonds is 8. The number of pyridine rings is 1. The second kappa shape index (κ2) is 10.2. The van der Waals surface area contributed by atoms with Gasteiger partial charge in [-0.3, -0.25) is 14.3 Å². The van der Waals surface area contributed by atoms with Crippen LogP contribution in [0.4, 0.5) is 18.9 Å². The number of carbonyl (C=O) groups excluding carboxylic acids is 2. The fraction of sp³-hybridized carbons (Fsp3) is 0.160. The van der Waals surface area contributed by atoms with Gasteiger partial charge in [-0.25, -0.2) is 22.8 Å². The Balaban J connectivity index is 1.51. The lowest BCUT2D eigenvalue weighted by Crippen LogP contribution is -2.18. The van der Waals surface area contributed by atoms with E-state index in [0.29, 0.717) is 22.6 Å².